The van der Waals surface area contributed by atoms with Crippen molar-refractivity contribution >= 4 is 20.8 Å². The molecule has 0 aromatic heterocycles. The lowest BCUT2D eigenvalue weighted by Gasteiger charge is -2.38. The van der Waals surface area contributed by atoms with Gasteiger partial charge in [0.15, 0.2) is 0 Å². The predicted molar refractivity (Wildman–Crippen MR) is 84.5 cm³/mol. The third kappa shape index (κ3) is 1.80. The SMILES string of the molecule is C=C1CC2(NC(=O)S(C)(C)C)c3c(ccc(F)c31)C(F)(F)C2(F)F. The summed E-state index contributed by atoms with van der Waals surface area (Å²) in [6.45, 7) is 3.55. The van der Waals surface area contributed by atoms with Crippen LogP contribution in [0.15, 0.2) is 18.7 Å². The molecule has 1 unspecified atom stereocenters. The summed E-state index contributed by atoms with van der Waals surface area (Å²) in [5.74, 6) is -10.00. The number of rotatable bonds is 1. The second-order valence-electron chi connectivity index (χ2n) is 6.93. The summed E-state index contributed by atoms with van der Waals surface area (Å²) < 4.78 is 72.5. The Hall–Kier alpha value is -1.57. The highest BCUT2D eigenvalue weighted by Crippen LogP contribution is 2.67. The zero-order chi connectivity index (χ0) is 18.3. The van der Waals surface area contributed by atoms with E-state index in [-0.39, 0.29) is 11.1 Å². The van der Waals surface area contributed by atoms with Gasteiger partial charge in [0.05, 0.1) is 0 Å². The van der Waals surface area contributed by atoms with Crippen LogP contribution < -0.4 is 5.32 Å². The zero-order valence-electron chi connectivity index (χ0n) is 13.3. The molecule has 8 heteroatoms. The third-order valence-electron chi connectivity index (χ3n) is 4.55. The Bertz CT molecular complexity index is 783. The zero-order valence-corrected chi connectivity index (χ0v) is 14.1. The van der Waals surface area contributed by atoms with Crippen LogP contribution in [0.3, 0.4) is 0 Å². The first-order valence-corrected chi connectivity index (χ1v) is 9.91. The van der Waals surface area contributed by atoms with Gasteiger partial charge >= 0.3 is 11.8 Å². The molecular weight excluding hydrogens is 349 g/mol. The molecule has 2 aliphatic rings. The van der Waals surface area contributed by atoms with Crippen LogP contribution in [0.4, 0.5) is 26.7 Å². The summed E-state index contributed by atoms with van der Waals surface area (Å²) in [5.41, 5.74) is -4.53. The number of carbonyl (C=O) groups is 1. The molecule has 1 amide bonds. The Labute approximate surface area is 137 Å². The van der Waals surface area contributed by atoms with Gasteiger partial charge in [-0.15, -0.1) is 0 Å². The van der Waals surface area contributed by atoms with E-state index in [4.69, 9.17) is 0 Å². The number of alkyl halides is 4. The summed E-state index contributed by atoms with van der Waals surface area (Å²) in [4.78, 5) is 12.3. The maximum Gasteiger partial charge on any atom is 0.341 e. The fourth-order valence-corrected chi connectivity index (χ4v) is 3.82. The summed E-state index contributed by atoms with van der Waals surface area (Å²) in [5, 5.41) is 1.39. The number of hydrogen-bond acceptors (Lipinski definition) is 1. The van der Waals surface area contributed by atoms with Crippen molar-refractivity contribution in [3.63, 3.8) is 0 Å². The second-order valence-corrected chi connectivity index (χ2v) is 11.0. The quantitative estimate of drug-likeness (QED) is 0.725. The molecule has 2 aliphatic carbocycles. The Morgan fingerprint density at radius 1 is 1.21 bits per heavy atom. The molecule has 1 aromatic carbocycles. The number of nitrogens with one attached hydrogen (secondary N) is 1. The second kappa shape index (κ2) is 4.53. The lowest BCUT2D eigenvalue weighted by Crippen LogP contribution is -2.58. The summed E-state index contributed by atoms with van der Waals surface area (Å²) in [7, 11) is -1.98. The first-order chi connectivity index (χ1) is 10.8. The number of carbonyl (C=O) groups excluding carboxylic acids is 1. The number of benzene rings is 1. The van der Waals surface area contributed by atoms with Gasteiger partial charge in [-0.2, -0.15) is 27.6 Å². The van der Waals surface area contributed by atoms with Crippen LogP contribution in [-0.2, 0) is 11.5 Å². The fourth-order valence-electron chi connectivity index (χ4n) is 3.34. The normalized spacial score (nSPS) is 27.1. The van der Waals surface area contributed by atoms with Crippen LogP contribution in [0.1, 0.15) is 23.1 Å². The topological polar surface area (TPSA) is 29.1 Å². The fraction of sp³-hybridized carbons (Fsp3) is 0.438. The standard InChI is InChI=1S/C16H16F5NOS/c1-8-7-14(22-13(23)24(2,3)4)12-9(5-6-10(17)11(8)12)15(18,19)16(14,20)21/h5-6H,1,7H2,2-4H3,(H,22,23). The van der Waals surface area contributed by atoms with E-state index >= 15 is 0 Å². The molecule has 0 aliphatic heterocycles. The molecule has 1 atom stereocenters. The summed E-state index contributed by atoms with van der Waals surface area (Å²) in [6.07, 6.45) is 4.02. The van der Waals surface area contributed by atoms with E-state index < -0.39 is 56.0 Å². The minimum absolute atomic E-state index is 0.0243. The molecule has 24 heavy (non-hydrogen) atoms. The van der Waals surface area contributed by atoms with Gasteiger partial charge in [0, 0.05) is 23.1 Å². The van der Waals surface area contributed by atoms with Gasteiger partial charge in [-0.1, -0.05) is 6.58 Å². The molecule has 0 radical (unpaired) electrons. The van der Waals surface area contributed by atoms with E-state index in [1.54, 1.807) is 18.8 Å². The Balaban J connectivity index is 2.32. The van der Waals surface area contributed by atoms with Gasteiger partial charge in [0.25, 0.3) is 5.24 Å². The predicted octanol–water partition coefficient (Wildman–Crippen LogP) is 4.58. The van der Waals surface area contributed by atoms with Gasteiger partial charge in [-0.3, -0.25) is 4.79 Å². The van der Waals surface area contributed by atoms with Crippen molar-refractivity contribution in [3.05, 3.63) is 41.2 Å². The van der Waals surface area contributed by atoms with Crippen LogP contribution in [0, 0.1) is 5.82 Å². The average molecular weight is 365 g/mol. The average Bonchev–Trinajstić information content (AvgIpc) is 2.78. The Kier molecular flexibility index (Phi) is 3.26. The Morgan fingerprint density at radius 3 is 2.33 bits per heavy atom. The molecule has 0 bridgehead atoms. The molecule has 0 saturated carbocycles. The highest BCUT2D eigenvalue weighted by Gasteiger charge is 2.79. The molecular formula is C16H16F5NOS. The van der Waals surface area contributed by atoms with E-state index in [2.05, 4.69) is 11.9 Å². The van der Waals surface area contributed by atoms with Crippen molar-refractivity contribution in [3.8, 4) is 0 Å². The molecule has 2 nitrogen and oxygen atoms in total. The van der Waals surface area contributed by atoms with Crippen LogP contribution in [0.2, 0.25) is 0 Å². The van der Waals surface area contributed by atoms with Crippen LogP contribution in [0.25, 0.3) is 5.57 Å². The van der Waals surface area contributed by atoms with Crippen LogP contribution in [-0.4, -0.2) is 29.9 Å². The third-order valence-corrected chi connectivity index (χ3v) is 5.77. The van der Waals surface area contributed by atoms with Gasteiger partial charge in [-0.05, 0) is 36.5 Å². The van der Waals surface area contributed by atoms with Crippen LogP contribution >= 0.6 is 10.0 Å². The first kappa shape index (κ1) is 17.3. The maximum atomic E-state index is 14.8. The number of hydrogen-bond donors (Lipinski definition) is 1. The van der Waals surface area contributed by atoms with Crippen molar-refractivity contribution < 1.29 is 26.7 Å². The van der Waals surface area contributed by atoms with Crippen molar-refractivity contribution in [2.24, 2.45) is 0 Å². The molecule has 132 valence electrons. The number of halogens is 5. The van der Waals surface area contributed by atoms with E-state index in [1.165, 1.54) is 0 Å². The van der Waals surface area contributed by atoms with Crippen molar-refractivity contribution in [2.75, 3.05) is 18.8 Å². The largest absolute Gasteiger partial charge is 0.341 e. The lowest BCUT2D eigenvalue weighted by atomic mass is 9.90. The van der Waals surface area contributed by atoms with Crippen molar-refractivity contribution in [1.82, 2.24) is 5.32 Å². The molecule has 3 rings (SSSR count). The van der Waals surface area contributed by atoms with E-state index in [0.717, 1.165) is 6.07 Å². The minimum Gasteiger partial charge on any atom is -0.332 e. The van der Waals surface area contributed by atoms with Gasteiger partial charge in [0.2, 0.25) is 0 Å². The molecule has 1 aromatic rings. The van der Waals surface area contributed by atoms with E-state index in [1.807, 2.05) is 0 Å². The monoisotopic (exact) mass is 365 g/mol. The summed E-state index contributed by atoms with van der Waals surface area (Å²) >= 11 is 0. The molecule has 0 heterocycles. The highest BCUT2D eigenvalue weighted by atomic mass is 32.3. The van der Waals surface area contributed by atoms with Gasteiger partial charge < -0.3 is 5.32 Å². The molecule has 0 saturated heterocycles. The van der Waals surface area contributed by atoms with Crippen molar-refractivity contribution in [1.29, 1.82) is 0 Å². The molecule has 0 spiro atoms. The number of amides is 1. The Morgan fingerprint density at radius 2 is 1.79 bits per heavy atom. The molecule has 0 fully saturated rings. The van der Waals surface area contributed by atoms with Crippen molar-refractivity contribution in [2.45, 2.75) is 23.8 Å². The van der Waals surface area contributed by atoms with E-state index in [0.29, 0.717) is 6.07 Å². The van der Waals surface area contributed by atoms with Gasteiger partial charge in [0.1, 0.15) is 11.4 Å². The van der Waals surface area contributed by atoms with Gasteiger partial charge in [-0.25, -0.2) is 4.39 Å². The van der Waals surface area contributed by atoms with E-state index in [9.17, 15) is 26.7 Å². The minimum atomic E-state index is -4.59. The smallest absolute Gasteiger partial charge is 0.332 e. The highest BCUT2D eigenvalue weighted by molar-refractivity contribution is 8.43. The maximum absolute atomic E-state index is 14.8. The van der Waals surface area contributed by atoms with Crippen LogP contribution in [0.5, 0.6) is 0 Å². The first-order valence-electron chi connectivity index (χ1n) is 7.05. The lowest BCUT2D eigenvalue weighted by molar-refractivity contribution is -0.240. The summed E-state index contributed by atoms with van der Waals surface area (Å²) in [6, 6.07) is 1.40. The molecule has 1 N–H and O–H groups in total.